The molecule has 4 rings (SSSR count). The van der Waals surface area contributed by atoms with Crippen LogP contribution in [0, 0.1) is 10.1 Å². The SMILES string of the molecule is COc1ccc(CN(Cc2nc3ccccc3c(=O)[nH]2)C(=O)c2ccc([N+](=O)[O-])cc2)cc1. The van der Waals surface area contributed by atoms with Crippen molar-refractivity contribution >= 4 is 22.5 Å². The fourth-order valence-corrected chi connectivity index (χ4v) is 3.45. The van der Waals surface area contributed by atoms with Gasteiger partial charge in [0, 0.05) is 24.2 Å². The highest BCUT2D eigenvalue weighted by atomic mass is 16.6. The van der Waals surface area contributed by atoms with Gasteiger partial charge in [0.15, 0.2) is 0 Å². The number of aromatic nitrogens is 2. The summed E-state index contributed by atoms with van der Waals surface area (Å²) in [7, 11) is 1.57. The summed E-state index contributed by atoms with van der Waals surface area (Å²) in [4.78, 5) is 45.0. The second kappa shape index (κ2) is 9.31. The van der Waals surface area contributed by atoms with E-state index >= 15 is 0 Å². The first-order valence-electron chi connectivity index (χ1n) is 10.1. The smallest absolute Gasteiger partial charge is 0.269 e. The Morgan fingerprint density at radius 1 is 1.03 bits per heavy atom. The zero-order valence-corrected chi connectivity index (χ0v) is 17.7. The Bertz CT molecular complexity index is 1360. The number of carbonyl (C=O) groups excluding carboxylic acids is 1. The number of methoxy groups -OCH3 is 1. The molecule has 33 heavy (non-hydrogen) atoms. The van der Waals surface area contributed by atoms with Crippen molar-refractivity contribution in [3.63, 3.8) is 0 Å². The normalized spacial score (nSPS) is 10.7. The lowest BCUT2D eigenvalue weighted by molar-refractivity contribution is -0.384. The quantitative estimate of drug-likeness (QED) is 0.343. The van der Waals surface area contributed by atoms with E-state index in [2.05, 4.69) is 9.97 Å². The maximum atomic E-state index is 13.3. The number of nitro groups is 1. The van der Waals surface area contributed by atoms with E-state index in [1.807, 2.05) is 12.1 Å². The van der Waals surface area contributed by atoms with Crippen LogP contribution in [-0.4, -0.2) is 32.8 Å². The number of hydrogen-bond acceptors (Lipinski definition) is 6. The average Bonchev–Trinajstić information content (AvgIpc) is 2.84. The molecule has 0 fully saturated rings. The van der Waals surface area contributed by atoms with Crippen molar-refractivity contribution in [2.45, 2.75) is 13.1 Å². The van der Waals surface area contributed by atoms with Gasteiger partial charge in [-0.05, 0) is 42.0 Å². The minimum absolute atomic E-state index is 0.0436. The summed E-state index contributed by atoms with van der Waals surface area (Å²) in [6.07, 6.45) is 0. The van der Waals surface area contributed by atoms with E-state index in [-0.39, 0.29) is 35.8 Å². The van der Waals surface area contributed by atoms with Crippen LogP contribution < -0.4 is 10.3 Å². The average molecular weight is 444 g/mol. The molecule has 1 heterocycles. The topological polar surface area (TPSA) is 118 Å². The number of benzene rings is 3. The molecule has 0 radical (unpaired) electrons. The van der Waals surface area contributed by atoms with Gasteiger partial charge in [0.05, 0.1) is 29.5 Å². The van der Waals surface area contributed by atoms with Gasteiger partial charge in [-0.2, -0.15) is 0 Å². The van der Waals surface area contributed by atoms with Crippen LogP contribution in [0.15, 0.2) is 77.6 Å². The number of aromatic amines is 1. The van der Waals surface area contributed by atoms with Crippen molar-refractivity contribution in [2.24, 2.45) is 0 Å². The van der Waals surface area contributed by atoms with E-state index in [4.69, 9.17) is 4.74 Å². The fraction of sp³-hybridized carbons (Fsp3) is 0.125. The lowest BCUT2D eigenvalue weighted by Gasteiger charge is -2.23. The van der Waals surface area contributed by atoms with Crippen molar-refractivity contribution in [3.05, 3.63) is 110 Å². The lowest BCUT2D eigenvalue weighted by atomic mass is 10.1. The first kappa shape index (κ1) is 21.7. The highest BCUT2D eigenvalue weighted by Crippen LogP contribution is 2.18. The van der Waals surface area contributed by atoms with Crippen LogP contribution in [0.1, 0.15) is 21.7 Å². The fourth-order valence-electron chi connectivity index (χ4n) is 3.45. The minimum atomic E-state index is -0.521. The Morgan fingerprint density at radius 2 is 1.73 bits per heavy atom. The van der Waals surface area contributed by atoms with Gasteiger partial charge in [-0.15, -0.1) is 0 Å². The summed E-state index contributed by atoms with van der Waals surface area (Å²) >= 11 is 0. The van der Waals surface area contributed by atoms with Gasteiger partial charge in [0.2, 0.25) is 0 Å². The Hall–Kier alpha value is -4.53. The van der Waals surface area contributed by atoms with E-state index < -0.39 is 4.92 Å². The van der Waals surface area contributed by atoms with Crippen LogP contribution in [0.3, 0.4) is 0 Å². The maximum absolute atomic E-state index is 13.3. The molecule has 0 saturated heterocycles. The number of fused-ring (bicyclic) bond motifs is 1. The summed E-state index contributed by atoms with van der Waals surface area (Å²) in [6, 6.07) is 19.6. The van der Waals surface area contributed by atoms with Crippen molar-refractivity contribution in [2.75, 3.05) is 7.11 Å². The number of H-pyrrole nitrogens is 1. The third kappa shape index (κ3) is 4.87. The number of ether oxygens (including phenoxy) is 1. The summed E-state index contributed by atoms with van der Waals surface area (Å²) in [5.74, 6) is 0.673. The largest absolute Gasteiger partial charge is 0.497 e. The van der Waals surface area contributed by atoms with Crippen LogP contribution in [0.25, 0.3) is 10.9 Å². The monoisotopic (exact) mass is 444 g/mol. The van der Waals surface area contributed by atoms with Crippen molar-refractivity contribution in [1.29, 1.82) is 0 Å². The van der Waals surface area contributed by atoms with Gasteiger partial charge in [0.25, 0.3) is 17.2 Å². The number of nitrogens with one attached hydrogen (secondary N) is 1. The van der Waals surface area contributed by atoms with Crippen molar-refractivity contribution in [3.8, 4) is 5.75 Å². The number of para-hydroxylation sites is 1. The van der Waals surface area contributed by atoms with E-state index in [0.29, 0.717) is 22.5 Å². The molecule has 0 aliphatic rings. The Labute approximate surface area is 188 Å². The molecule has 0 aliphatic carbocycles. The third-order valence-electron chi connectivity index (χ3n) is 5.15. The molecule has 166 valence electrons. The van der Waals surface area contributed by atoms with Crippen LogP contribution in [0.2, 0.25) is 0 Å². The molecule has 9 heteroatoms. The number of nitro benzene ring substituents is 1. The summed E-state index contributed by atoms with van der Waals surface area (Å²) in [5.41, 5.74) is 1.27. The predicted molar refractivity (Wildman–Crippen MR) is 122 cm³/mol. The highest BCUT2D eigenvalue weighted by molar-refractivity contribution is 5.94. The number of hydrogen-bond donors (Lipinski definition) is 1. The summed E-state index contributed by atoms with van der Waals surface area (Å²) in [5, 5.41) is 11.4. The molecule has 1 N–H and O–H groups in total. The molecule has 1 amide bonds. The van der Waals surface area contributed by atoms with E-state index in [9.17, 15) is 19.7 Å². The molecule has 0 aliphatic heterocycles. The van der Waals surface area contributed by atoms with E-state index in [1.54, 1.807) is 43.5 Å². The van der Waals surface area contributed by atoms with Crippen molar-refractivity contribution in [1.82, 2.24) is 14.9 Å². The Balaban J connectivity index is 1.67. The van der Waals surface area contributed by atoms with Gasteiger partial charge >= 0.3 is 0 Å². The number of rotatable bonds is 7. The highest BCUT2D eigenvalue weighted by Gasteiger charge is 2.19. The standard InChI is InChI=1S/C24H20N4O5/c1-33-19-12-6-16(7-13-19)14-27(24(30)17-8-10-18(11-9-17)28(31)32)15-22-25-21-5-3-2-4-20(21)23(29)26-22/h2-13H,14-15H2,1H3,(H,25,26,29). The Morgan fingerprint density at radius 3 is 2.39 bits per heavy atom. The maximum Gasteiger partial charge on any atom is 0.269 e. The van der Waals surface area contributed by atoms with Crippen LogP contribution in [0.5, 0.6) is 5.75 Å². The van der Waals surface area contributed by atoms with Gasteiger partial charge in [-0.3, -0.25) is 19.7 Å². The lowest BCUT2D eigenvalue weighted by Crippen LogP contribution is -2.31. The van der Waals surface area contributed by atoms with Crippen LogP contribution in [0.4, 0.5) is 5.69 Å². The van der Waals surface area contributed by atoms with Gasteiger partial charge in [0.1, 0.15) is 11.6 Å². The zero-order valence-electron chi connectivity index (χ0n) is 17.7. The van der Waals surface area contributed by atoms with Crippen molar-refractivity contribution < 1.29 is 14.5 Å². The number of carbonyl (C=O) groups is 1. The van der Waals surface area contributed by atoms with E-state index in [1.165, 1.54) is 29.2 Å². The molecule has 0 unspecified atom stereocenters. The van der Waals surface area contributed by atoms with Gasteiger partial charge in [-0.1, -0.05) is 24.3 Å². The first-order valence-corrected chi connectivity index (χ1v) is 10.1. The second-order valence-electron chi connectivity index (χ2n) is 7.34. The van der Waals surface area contributed by atoms with E-state index in [0.717, 1.165) is 5.56 Å². The zero-order chi connectivity index (χ0) is 23.4. The first-order chi connectivity index (χ1) is 15.9. The van der Waals surface area contributed by atoms with Crippen LogP contribution in [-0.2, 0) is 13.1 Å². The van der Waals surface area contributed by atoms with Gasteiger partial charge < -0.3 is 14.6 Å². The molecule has 0 atom stereocenters. The summed E-state index contributed by atoms with van der Waals surface area (Å²) in [6.45, 7) is 0.276. The molecule has 3 aromatic carbocycles. The molecular formula is C24H20N4O5. The molecular weight excluding hydrogens is 424 g/mol. The molecule has 0 spiro atoms. The number of non-ortho nitro benzene ring substituents is 1. The number of nitrogens with zero attached hydrogens (tertiary/aromatic N) is 3. The van der Waals surface area contributed by atoms with Crippen LogP contribution >= 0.6 is 0 Å². The molecule has 1 aromatic heterocycles. The Kier molecular flexibility index (Phi) is 6.12. The molecule has 4 aromatic rings. The molecule has 0 saturated carbocycles. The number of amides is 1. The summed E-state index contributed by atoms with van der Waals surface area (Å²) < 4.78 is 5.19. The molecule has 9 nitrogen and oxygen atoms in total. The van der Waals surface area contributed by atoms with Gasteiger partial charge in [-0.25, -0.2) is 4.98 Å². The third-order valence-corrected chi connectivity index (χ3v) is 5.15. The predicted octanol–water partition coefficient (Wildman–Crippen LogP) is 3.68. The second-order valence-corrected chi connectivity index (χ2v) is 7.34. The minimum Gasteiger partial charge on any atom is -0.497 e. The molecule has 0 bridgehead atoms.